The number of nitrogens with zero attached hydrogens (tertiary/aromatic N) is 3. The molecule has 0 saturated carbocycles. The molecule has 1 fully saturated rings. The predicted octanol–water partition coefficient (Wildman–Crippen LogP) is 1.03. The molecule has 6 heteroatoms. The van der Waals surface area contributed by atoms with E-state index < -0.39 is 0 Å². The van der Waals surface area contributed by atoms with Gasteiger partial charge in [-0.15, -0.1) is 0 Å². The number of ether oxygens (including phenoxy) is 2. The van der Waals surface area contributed by atoms with E-state index in [-0.39, 0.29) is 6.10 Å². The van der Waals surface area contributed by atoms with E-state index in [0.717, 1.165) is 42.7 Å². The topological polar surface area (TPSA) is 61.2 Å². The van der Waals surface area contributed by atoms with Gasteiger partial charge in [0.05, 0.1) is 24.9 Å². The Labute approximate surface area is 111 Å². The molecule has 1 aliphatic rings. The van der Waals surface area contributed by atoms with Crippen LogP contribution in [0.25, 0.3) is 11.0 Å². The molecular formula is C13H18N4O2. The van der Waals surface area contributed by atoms with Crippen LogP contribution in [0.3, 0.4) is 0 Å². The molecule has 1 atom stereocenters. The summed E-state index contributed by atoms with van der Waals surface area (Å²) in [5.74, 6) is 0. The Bertz CT molecular complexity index is 573. The first-order chi connectivity index (χ1) is 9.29. The maximum atomic E-state index is 5.91. The number of nitrogens with one attached hydrogen (secondary N) is 1. The second-order valence-electron chi connectivity index (χ2n) is 4.70. The minimum Gasteiger partial charge on any atom is -0.467 e. The van der Waals surface area contributed by atoms with Crippen LogP contribution >= 0.6 is 0 Å². The van der Waals surface area contributed by atoms with Gasteiger partial charge in [0.1, 0.15) is 5.52 Å². The molecule has 2 aromatic rings. The van der Waals surface area contributed by atoms with Crippen molar-refractivity contribution in [1.29, 1.82) is 0 Å². The Hall–Kier alpha value is -1.66. The van der Waals surface area contributed by atoms with Gasteiger partial charge in [-0.1, -0.05) is 0 Å². The van der Waals surface area contributed by atoms with Crippen LogP contribution in [0.15, 0.2) is 12.4 Å². The zero-order valence-electron chi connectivity index (χ0n) is 11.2. The Morgan fingerprint density at radius 3 is 3.26 bits per heavy atom. The Morgan fingerprint density at radius 1 is 1.53 bits per heavy atom. The van der Waals surface area contributed by atoms with Crippen LogP contribution in [0.5, 0.6) is 6.01 Å². The lowest BCUT2D eigenvalue weighted by atomic mass is 10.1. The maximum Gasteiger partial charge on any atom is 0.316 e. The fourth-order valence-corrected chi connectivity index (χ4v) is 2.42. The van der Waals surface area contributed by atoms with Crippen LogP contribution < -0.4 is 10.1 Å². The van der Waals surface area contributed by atoms with Crippen molar-refractivity contribution in [2.75, 3.05) is 26.8 Å². The largest absolute Gasteiger partial charge is 0.467 e. The fraction of sp³-hybridized carbons (Fsp3) is 0.538. The number of rotatable bonds is 2. The van der Waals surface area contributed by atoms with Crippen molar-refractivity contribution in [3.8, 4) is 6.01 Å². The third-order valence-electron chi connectivity index (χ3n) is 3.41. The molecule has 2 aromatic heterocycles. The highest BCUT2D eigenvalue weighted by molar-refractivity contribution is 5.79. The van der Waals surface area contributed by atoms with Crippen LogP contribution in [0, 0.1) is 0 Å². The van der Waals surface area contributed by atoms with E-state index in [1.165, 1.54) is 0 Å². The first-order valence-corrected chi connectivity index (χ1v) is 6.48. The quantitative estimate of drug-likeness (QED) is 0.876. The molecule has 0 spiro atoms. The van der Waals surface area contributed by atoms with Crippen LogP contribution in [0.4, 0.5) is 0 Å². The summed E-state index contributed by atoms with van der Waals surface area (Å²) < 4.78 is 13.0. The highest BCUT2D eigenvalue weighted by Gasteiger charge is 2.21. The van der Waals surface area contributed by atoms with E-state index in [0.29, 0.717) is 6.01 Å². The standard InChI is InChI=1S/C13H18N4O2/c1-17-8-9(11-7-14-4-3-5-19-11)12-10(17)6-15-13(16-12)18-2/h6,8,11,14H,3-5,7H2,1-2H3. The molecule has 102 valence electrons. The zero-order chi connectivity index (χ0) is 13.2. The molecule has 3 heterocycles. The van der Waals surface area contributed by atoms with E-state index in [4.69, 9.17) is 9.47 Å². The lowest BCUT2D eigenvalue weighted by Crippen LogP contribution is -2.20. The predicted molar refractivity (Wildman–Crippen MR) is 71.2 cm³/mol. The molecule has 0 radical (unpaired) electrons. The van der Waals surface area contributed by atoms with Gasteiger partial charge in [0.15, 0.2) is 0 Å². The van der Waals surface area contributed by atoms with Gasteiger partial charge in [-0.3, -0.25) is 0 Å². The molecule has 0 aromatic carbocycles. The lowest BCUT2D eigenvalue weighted by Gasteiger charge is -2.13. The summed E-state index contributed by atoms with van der Waals surface area (Å²) in [6, 6.07) is 0.390. The van der Waals surface area contributed by atoms with Crippen molar-refractivity contribution in [3.05, 3.63) is 18.0 Å². The third kappa shape index (κ3) is 2.29. The maximum absolute atomic E-state index is 5.91. The average molecular weight is 262 g/mol. The minimum atomic E-state index is 0.0332. The number of hydrogen-bond donors (Lipinski definition) is 1. The van der Waals surface area contributed by atoms with Gasteiger partial charge in [-0.05, 0) is 13.0 Å². The second-order valence-corrected chi connectivity index (χ2v) is 4.70. The van der Waals surface area contributed by atoms with E-state index >= 15 is 0 Å². The molecule has 1 aliphatic heterocycles. The van der Waals surface area contributed by atoms with Crippen LogP contribution in [0.1, 0.15) is 18.1 Å². The first-order valence-electron chi connectivity index (χ1n) is 6.48. The summed E-state index contributed by atoms with van der Waals surface area (Å²) >= 11 is 0. The summed E-state index contributed by atoms with van der Waals surface area (Å²) in [6.07, 6.45) is 4.93. The zero-order valence-corrected chi connectivity index (χ0v) is 11.2. The van der Waals surface area contributed by atoms with E-state index in [1.807, 2.05) is 11.6 Å². The molecule has 19 heavy (non-hydrogen) atoms. The first kappa shape index (κ1) is 12.4. The third-order valence-corrected chi connectivity index (χ3v) is 3.41. The Kier molecular flexibility index (Phi) is 3.35. The molecule has 1 N–H and O–H groups in total. The van der Waals surface area contributed by atoms with Crippen molar-refractivity contribution in [2.24, 2.45) is 7.05 Å². The van der Waals surface area contributed by atoms with Crippen molar-refractivity contribution < 1.29 is 9.47 Å². The fourth-order valence-electron chi connectivity index (χ4n) is 2.42. The monoisotopic (exact) mass is 262 g/mol. The van der Waals surface area contributed by atoms with Gasteiger partial charge in [0.25, 0.3) is 0 Å². The lowest BCUT2D eigenvalue weighted by molar-refractivity contribution is 0.0676. The number of methoxy groups -OCH3 is 1. The number of aryl methyl sites for hydroxylation is 1. The molecule has 6 nitrogen and oxygen atoms in total. The van der Waals surface area contributed by atoms with Gasteiger partial charge in [-0.2, -0.15) is 4.98 Å². The summed E-state index contributed by atoms with van der Waals surface area (Å²) in [5.41, 5.74) is 2.99. The van der Waals surface area contributed by atoms with Crippen LogP contribution in [0.2, 0.25) is 0 Å². The molecule has 0 amide bonds. The Balaban J connectivity index is 2.06. The summed E-state index contributed by atoms with van der Waals surface area (Å²) in [6.45, 7) is 2.58. The van der Waals surface area contributed by atoms with E-state index in [2.05, 4.69) is 21.5 Å². The molecular weight excluding hydrogens is 244 g/mol. The SMILES string of the molecule is COc1ncc2c(n1)c(C1CNCCCO1)cn2C. The highest BCUT2D eigenvalue weighted by atomic mass is 16.5. The molecule has 3 rings (SSSR count). The molecule has 0 bridgehead atoms. The van der Waals surface area contributed by atoms with Crippen molar-refractivity contribution in [1.82, 2.24) is 19.9 Å². The van der Waals surface area contributed by atoms with Gasteiger partial charge >= 0.3 is 6.01 Å². The van der Waals surface area contributed by atoms with Crippen LogP contribution in [-0.4, -0.2) is 41.3 Å². The van der Waals surface area contributed by atoms with Gasteiger partial charge in [-0.25, -0.2) is 4.98 Å². The van der Waals surface area contributed by atoms with Gasteiger partial charge in [0, 0.05) is 32.0 Å². The van der Waals surface area contributed by atoms with Crippen molar-refractivity contribution in [3.63, 3.8) is 0 Å². The second kappa shape index (κ2) is 5.14. The van der Waals surface area contributed by atoms with Crippen molar-refractivity contribution in [2.45, 2.75) is 12.5 Å². The number of fused-ring (bicyclic) bond motifs is 1. The summed E-state index contributed by atoms with van der Waals surface area (Å²) in [7, 11) is 3.57. The van der Waals surface area contributed by atoms with E-state index in [1.54, 1.807) is 13.3 Å². The molecule has 1 unspecified atom stereocenters. The average Bonchev–Trinajstić information content (AvgIpc) is 2.64. The Morgan fingerprint density at radius 2 is 2.42 bits per heavy atom. The van der Waals surface area contributed by atoms with Crippen molar-refractivity contribution >= 4 is 11.0 Å². The van der Waals surface area contributed by atoms with Crippen LogP contribution in [-0.2, 0) is 11.8 Å². The molecule has 1 saturated heterocycles. The summed E-state index contributed by atoms with van der Waals surface area (Å²) in [4.78, 5) is 8.61. The summed E-state index contributed by atoms with van der Waals surface area (Å²) in [5, 5.41) is 3.39. The van der Waals surface area contributed by atoms with E-state index in [9.17, 15) is 0 Å². The number of hydrogen-bond acceptors (Lipinski definition) is 5. The highest BCUT2D eigenvalue weighted by Crippen LogP contribution is 2.28. The van der Waals surface area contributed by atoms with Gasteiger partial charge < -0.3 is 19.4 Å². The normalized spacial score (nSPS) is 20.4. The smallest absolute Gasteiger partial charge is 0.316 e. The molecule has 0 aliphatic carbocycles. The minimum absolute atomic E-state index is 0.0332. The number of aromatic nitrogens is 3. The van der Waals surface area contributed by atoms with Gasteiger partial charge in [0.2, 0.25) is 0 Å².